The fraction of sp³-hybridized carbons (Fsp3) is 0.200. The summed E-state index contributed by atoms with van der Waals surface area (Å²) < 4.78 is 0. The van der Waals surface area contributed by atoms with Crippen LogP contribution in [0.15, 0.2) is 29.4 Å². The van der Waals surface area contributed by atoms with Gasteiger partial charge >= 0.3 is 5.97 Å². The molecule has 0 spiro atoms. The highest BCUT2D eigenvalue weighted by Crippen LogP contribution is 2.15. The number of carbonyl (C=O) groups is 1. The van der Waals surface area contributed by atoms with E-state index in [0.29, 0.717) is 5.56 Å². The average molecular weight is 238 g/mol. The molecule has 1 aromatic rings. The lowest BCUT2D eigenvalue weighted by Gasteiger charge is -2.02. The molecule has 7 nitrogen and oxygen atoms in total. The van der Waals surface area contributed by atoms with Gasteiger partial charge < -0.3 is 10.3 Å². The molecule has 0 aliphatic carbocycles. The van der Waals surface area contributed by atoms with Crippen LogP contribution in [0.3, 0.4) is 0 Å². The molecular weight excluding hydrogens is 228 g/mol. The number of rotatable bonds is 5. The van der Waals surface area contributed by atoms with Crippen LogP contribution in [0, 0.1) is 10.1 Å². The first-order valence-electron chi connectivity index (χ1n) is 4.72. The Balaban J connectivity index is 2.93. The number of non-ortho nitro benzene ring substituents is 1. The lowest BCUT2D eigenvalue weighted by atomic mass is 10.1. The Kier molecular flexibility index (Phi) is 4.15. The minimum Gasteiger partial charge on any atom is -0.481 e. The van der Waals surface area contributed by atoms with Gasteiger partial charge in [-0.15, -0.1) is 0 Å². The lowest BCUT2D eigenvalue weighted by molar-refractivity contribution is -0.384. The molecule has 0 bridgehead atoms. The molecule has 2 N–H and O–H groups in total. The third-order valence-corrected chi connectivity index (χ3v) is 2.09. The molecule has 0 aliphatic rings. The van der Waals surface area contributed by atoms with Crippen LogP contribution in [-0.2, 0) is 4.79 Å². The molecule has 90 valence electrons. The van der Waals surface area contributed by atoms with Crippen molar-refractivity contribution in [1.82, 2.24) is 0 Å². The SMILES string of the molecule is O=C(O)CC/C(=N\O)c1cccc([N+](=O)[O-])c1. The molecule has 1 rings (SSSR count). The van der Waals surface area contributed by atoms with Crippen LogP contribution in [0.5, 0.6) is 0 Å². The summed E-state index contributed by atoms with van der Waals surface area (Å²) in [5, 5.41) is 30.8. The molecule has 0 saturated carbocycles. The number of hydrogen-bond donors (Lipinski definition) is 2. The molecule has 0 fully saturated rings. The normalized spacial score (nSPS) is 11.2. The number of carboxylic acid groups (broad SMARTS) is 1. The summed E-state index contributed by atoms with van der Waals surface area (Å²) >= 11 is 0. The zero-order valence-electron chi connectivity index (χ0n) is 8.74. The van der Waals surface area contributed by atoms with Crippen molar-refractivity contribution >= 4 is 17.4 Å². The minimum atomic E-state index is -1.03. The Morgan fingerprint density at radius 1 is 1.41 bits per heavy atom. The van der Waals surface area contributed by atoms with Crippen LogP contribution in [-0.4, -0.2) is 26.9 Å². The Labute approximate surface area is 96.1 Å². The van der Waals surface area contributed by atoms with E-state index in [4.69, 9.17) is 10.3 Å². The molecule has 1 aromatic carbocycles. The van der Waals surface area contributed by atoms with Crippen molar-refractivity contribution in [1.29, 1.82) is 0 Å². The summed E-state index contributed by atoms with van der Waals surface area (Å²) in [5.74, 6) is -1.03. The molecule has 0 atom stereocenters. The van der Waals surface area contributed by atoms with Crippen LogP contribution in [0.4, 0.5) is 5.69 Å². The van der Waals surface area contributed by atoms with E-state index < -0.39 is 10.9 Å². The van der Waals surface area contributed by atoms with Gasteiger partial charge in [0.15, 0.2) is 0 Å². The van der Waals surface area contributed by atoms with Gasteiger partial charge in [0.05, 0.1) is 17.1 Å². The molecule has 17 heavy (non-hydrogen) atoms. The molecule has 0 heterocycles. The Bertz CT molecular complexity index is 470. The number of oxime groups is 1. The smallest absolute Gasteiger partial charge is 0.303 e. The lowest BCUT2D eigenvalue weighted by Crippen LogP contribution is -2.05. The Hall–Kier alpha value is -2.44. The Morgan fingerprint density at radius 2 is 2.12 bits per heavy atom. The summed E-state index contributed by atoms with van der Waals surface area (Å²) in [6.07, 6.45) is -0.199. The van der Waals surface area contributed by atoms with Crippen molar-refractivity contribution in [2.45, 2.75) is 12.8 Å². The quantitative estimate of drug-likeness (QED) is 0.350. The van der Waals surface area contributed by atoms with Gasteiger partial charge in [0.1, 0.15) is 0 Å². The minimum absolute atomic E-state index is 0.00695. The van der Waals surface area contributed by atoms with Gasteiger partial charge in [-0.3, -0.25) is 14.9 Å². The van der Waals surface area contributed by atoms with E-state index in [1.165, 1.54) is 24.3 Å². The standard InChI is InChI=1S/C10H10N2O5/c13-10(14)5-4-9(11-15)7-2-1-3-8(6-7)12(16)17/h1-3,6,15H,4-5H2,(H,13,14)/b11-9+. The monoisotopic (exact) mass is 238 g/mol. The molecule has 0 unspecified atom stereocenters. The molecule has 0 radical (unpaired) electrons. The highest BCUT2D eigenvalue weighted by molar-refractivity contribution is 6.01. The van der Waals surface area contributed by atoms with Crippen molar-refractivity contribution in [3.63, 3.8) is 0 Å². The fourth-order valence-electron chi connectivity index (χ4n) is 1.28. The van der Waals surface area contributed by atoms with Gasteiger partial charge in [-0.05, 0) is 0 Å². The summed E-state index contributed by atoms with van der Waals surface area (Å²) in [4.78, 5) is 20.3. The highest BCUT2D eigenvalue weighted by Gasteiger charge is 2.11. The number of benzene rings is 1. The zero-order valence-corrected chi connectivity index (χ0v) is 8.74. The third-order valence-electron chi connectivity index (χ3n) is 2.09. The average Bonchev–Trinajstić information content (AvgIpc) is 2.30. The molecular formula is C10H10N2O5. The largest absolute Gasteiger partial charge is 0.481 e. The number of carboxylic acids is 1. The predicted molar refractivity (Wildman–Crippen MR) is 58.3 cm³/mol. The molecule has 0 saturated heterocycles. The molecule has 0 aromatic heterocycles. The first-order valence-corrected chi connectivity index (χ1v) is 4.72. The van der Waals surface area contributed by atoms with Gasteiger partial charge in [-0.1, -0.05) is 17.3 Å². The number of aliphatic carboxylic acids is 1. The zero-order chi connectivity index (χ0) is 12.8. The van der Waals surface area contributed by atoms with Crippen molar-refractivity contribution in [3.8, 4) is 0 Å². The van der Waals surface area contributed by atoms with Gasteiger partial charge in [0.25, 0.3) is 5.69 Å². The number of nitrogens with zero attached hydrogens (tertiary/aromatic N) is 2. The first kappa shape index (κ1) is 12.6. The third kappa shape index (κ3) is 3.56. The van der Waals surface area contributed by atoms with Crippen molar-refractivity contribution < 1.29 is 20.0 Å². The van der Waals surface area contributed by atoms with Gasteiger partial charge in [-0.2, -0.15) is 0 Å². The maximum atomic E-state index is 10.5. The van der Waals surface area contributed by atoms with Crippen molar-refractivity contribution in [2.24, 2.45) is 5.16 Å². The van der Waals surface area contributed by atoms with Gasteiger partial charge in [-0.25, -0.2) is 0 Å². The van der Waals surface area contributed by atoms with E-state index in [1.807, 2.05) is 0 Å². The maximum Gasteiger partial charge on any atom is 0.303 e. The van der Waals surface area contributed by atoms with Crippen LogP contribution in [0.1, 0.15) is 18.4 Å². The van der Waals surface area contributed by atoms with Crippen LogP contribution in [0.2, 0.25) is 0 Å². The molecule has 7 heteroatoms. The van der Waals surface area contributed by atoms with E-state index >= 15 is 0 Å². The molecule has 0 amide bonds. The second-order valence-corrected chi connectivity index (χ2v) is 3.25. The first-order chi connectivity index (χ1) is 8.04. The number of hydrogen-bond acceptors (Lipinski definition) is 5. The summed E-state index contributed by atoms with van der Waals surface area (Å²) in [6, 6.07) is 5.50. The Morgan fingerprint density at radius 3 is 2.65 bits per heavy atom. The number of nitro groups is 1. The summed E-state index contributed by atoms with van der Waals surface area (Å²) in [5.41, 5.74) is 0.304. The van der Waals surface area contributed by atoms with Crippen LogP contribution < -0.4 is 0 Å². The van der Waals surface area contributed by atoms with E-state index in [1.54, 1.807) is 0 Å². The fourth-order valence-corrected chi connectivity index (χ4v) is 1.28. The summed E-state index contributed by atoms with van der Waals surface area (Å²) in [7, 11) is 0. The van der Waals surface area contributed by atoms with E-state index in [0.717, 1.165) is 0 Å². The van der Waals surface area contributed by atoms with E-state index in [9.17, 15) is 14.9 Å². The van der Waals surface area contributed by atoms with Crippen LogP contribution >= 0.6 is 0 Å². The second kappa shape index (κ2) is 5.59. The van der Waals surface area contributed by atoms with Gasteiger partial charge in [0, 0.05) is 24.1 Å². The van der Waals surface area contributed by atoms with Gasteiger partial charge in [0.2, 0.25) is 0 Å². The van der Waals surface area contributed by atoms with Crippen molar-refractivity contribution in [2.75, 3.05) is 0 Å². The summed E-state index contributed by atoms with van der Waals surface area (Å²) in [6.45, 7) is 0. The maximum absolute atomic E-state index is 10.5. The second-order valence-electron chi connectivity index (χ2n) is 3.25. The highest BCUT2D eigenvalue weighted by atomic mass is 16.6. The van der Waals surface area contributed by atoms with E-state index in [-0.39, 0.29) is 24.2 Å². The number of nitro benzene ring substituents is 1. The predicted octanol–water partition coefficient (Wildman–Crippen LogP) is 1.64. The van der Waals surface area contributed by atoms with Crippen LogP contribution in [0.25, 0.3) is 0 Å². The topological polar surface area (TPSA) is 113 Å². The van der Waals surface area contributed by atoms with Crippen molar-refractivity contribution in [3.05, 3.63) is 39.9 Å². The molecule has 0 aliphatic heterocycles. The van der Waals surface area contributed by atoms with E-state index in [2.05, 4.69) is 5.16 Å².